The first kappa shape index (κ1) is 23.0. The number of nitrogens with zero attached hydrogens (tertiary/aromatic N) is 4. The summed E-state index contributed by atoms with van der Waals surface area (Å²) in [4.78, 5) is 28.1. The monoisotopic (exact) mass is 494 g/mol. The van der Waals surface area contributed by atoms with Gasteiger partial charge in [-0.15, -0.1) is 10.2 Å². The van der Waals surface area contributed by atoms with Gasteiger partial charge in [0.05, 0.1) is 25.3 Å². The Balaban J connectivity index is 1.65. The minimum absolute atomic E-state index is 0.312. The SMILES string of the molecule is COc1ccc(C(=O)n2c(=O)c(-c3nnc4n3CCCCC4)cc3c4ccccc4ccc32)cc1OC. The van der Waals surface area contributed by atoms with Crippen LogP contribution in [-0.4, -0.2) is 39.5 Å². The van der Waals surface area contributed by atoms with E-state index in [0.717, 1.165) is 54.2 Å². The van der Waals surface area contributed by atoms with Crippen molar-refractivity contribution >= 4 is 27.6 Å². The summed E-state index contributed by atoms with van der Waals surface area (Å²) in [5.74, 6) is 1.84. The molecule has 0 unspecified atom stereocenters. The maximum absolute atomic E-state index is 14.1. The second kappa shape index (κ2) is 9.20. The molecule has 0 amide bonds. The van der Waals surface area contributed by atoms with E-state index in [2.05, 4.69) is 10.2 Å². The number of fused-ring (bicyclic) bond motifs is 4. The van der Waals surface area contributed by atoms with E-state index in [1.807, 2.05) is 47.0 Å². The van der Waals surface area contributed by atoms with E-state index in [0.29, 0.717) is 34.0 Å². The predicted molar refractivity (Wildman–Crippen MR) is 142 cm³/mol. The van der Waals surface area contributed by atoms with Crippen molar-refractivity contribution in [2.24, 2.45) is 0 Å². The molecule has 0 radical (unpaired) electrons. The molecule has 3 heterocycles. The van der Waals surface area contributed by atoms with Gasteiger partial charge in [0.1, 0.15) is 5.82 Å². The summed E-state index contributed by atoms with van der Waals surface area (Å²) in [5.41, 5.74) is 0.773. The summed E-state index contributed by atoms with van der Waals surface area (Å²) >= 11 is 0. The fraction of sp³-hybridized carbons (Fsp3) is 0.241. The van der Waals surface area contributed by atoms with Crippen LogP contribution in [-0.2, 0) is 13.0 Å². The van der Waals surface area contributed by atoms with Crippen molar-refractivity contribution in [3.8, 4) is 22.9 Å². The van der Waals surface area contributed by atoms with Crippen molar-refractivity contribution in [2.45, 2.75) is 32.2 Å². The summed E-state index contributed by atoms with van der Waals surface area (Å²) in [6, 6.07) is 18.5. The van der Waals surface area contributed by atoms with Gasteiger partial charge in [-0.1, -0.05) is 36.8 Å². The van der Waals surface area contributed by atoms with Crippen LogP contribution in [0.1, 0.15) is 35.4 Å². The molecule has 0 fully saturated rings. The quantitative estimate of drug-likeness (QED) is 0.332. The van der Waals surface area contributed by atoms with Gasteiger partial charge in [0, 0.05) is 23.9 Å². The van der Waals surface area contributed by atoms with Crippen LogP contribution >= 0.6 is 0 Å². The lowest BCUT2D eigenvalue weighted by atomic mass is 10.0. The van der Waals surface area contributed by atoms with Gasteiger partial charge in [-0.2, -0.15) is 0 Å². The maximum atomic E-state index is 14.1. The second-order valence-electron chi connectivity index (χ2n) is 9.20. The first-order valence-corrected chi connectivity index (χ1v) is 12.4. The predicted octanol–water partition coefficient (Wildman–Crippen LogP) is 4.85. The molecule has 186 valence electrons. The minimum atomic E-state index is -0.455. The molecule has 1 aliphatic heterocycles. The number of benzene rings is 3. The third-order valence-electron chi connectivity index (χ3n) is 7.09. The first-order valence-electron chi connectivity index (χ1n) is 12.4. The van der Waals surface area contributed by atoms with E-state index >= 15 is 0 Å². The molecule has 0 atom stereocenters. The molecule has 5 aromatic rings. The average molecular weight is 495 g/mol. The normalized spacial score (nSPS) is 13.4. The van der Waals surface area contributed by atoms with Gasteiger partial charge >= 0.3 is 0 Å². The molecule has 0 saturated heterocycles. The van der Waals surface area contributed by atoms with Gasteiger partial charge < -0.3 is 14.0 Å². The zero-order chi connectivity index (χ0) is 25.5. The molecule has 8 nitrogen and oxygen atoms in total. The Kier molecular flexibility index (Phi) is 5.71. The molecular formula is C29H26N4O4. The van der Waals surface area contributed by atoms with Crippen LogP contribution in [0.5, 0.6) is 11.5 Å². The number of hydrogen-bond donors (Lipinski definition) is 0. The number of aromatic nitrogens is 4. The highest BCUT2D eigenvalue weighted by Gasteiger charge is 2.24. The van der Waals surface area contributed by atoms with Crippen molar-refractivity contribution in [1.82, 2.24) is 19.3 Å². The Morgan fingerprint density at radius 1 is 0.865 bits per heavy atom. The standard InChI is InChI=1S/C29H26N4O4/c1-36-24-14-12-19(16-25(24)37-2)28(34)33-23-13-11-18-8-5-6-9-20(18)21(23)17-22(29(33)35)27-31-30-26-10-4-3-7-15-32(26)27/h5-6,8-9,11-14,16-17H,3-4,7,10,15H2,1-2H3. The molecular weight excluding hydrogens is 468 g/mol. The van der Waals surface area contributed by atoms with Gasteiger partial charge in [0.25, 0.3) is 11.5 Å². The first-order chi connectivity index (χ1) is 18.1. The van der Waals surface area contributed by atoms with Crippen molar-refractivity contribution in [3.63, 3.8) is 0 Å². The van der Waals surface area contributed by atoms with Crippen LogP contribution < -0.4 is 15.0 Å². The van der Waals surface area contributed by atoms with Crippen LogP contribution in [0.25, 0.3) is 33.1 Å². The topological polar surface area (TPSA) is 88.2 Å². The zero-order valence-electron chi connectivity index (χ0n) is 20.7. The molecule has 3 aromatic carbocycles. The highest BCUT2D eigenvalue weighted by molar-refractivity contribution is 6.11. The van der Waals surface area contributed by atoms with E-state index in [-0.39, 0.29) is 0 Å². The van der Waals surface area contributed by atoms with Gasteiger partial charge in [-0.05, 0) is 53.9 Å². The lowest BCUT2D eigenvalue weighted by Crippen LogP contribution is -2.29. The molecule has 8 heteroatoms. The largest absolute Gasteiger partial charge is 0.493 e. The Labute approximate surface area is 213 Å². The molecule has 0 N–H and O–H groups in total. The number of rotatable bonds is 4. The van der Waals surface area contributed by atoms with Crippen molar-refractivity contribution in [3.05, 3.63) is 82.4 Å². The van der Waals surface area contributed by atoms with Gasteiger partial charge in [-0.3, -0.25) is 9.59 Å². The van der Waals surface area contributed by atoms with Gasteiger partial charge in [-0.25, -0.2) is 4.57 Å². The van der Waals surface area contributed by atoms with E-state index in [4.69, 9.17) is 9.47 Å². The van der Waals surface area contributed by atoms with Crippen LogP contribution in [0, 0.1) is 0 Å². The number of aryl methyl sites for hydroxylation is 1. The Morgan fingerprint density at radius 2 is 1.70 bits per heavy atom. The second-order valence-corrected chi connectivity index (χ2v) is 9.20. The fourth-order valence-electron chi connectivity index (χ4n) is 5.21. The lowest BCUT2D eigenvalue weighted by molar-refractivity contribution is 0.0961. The van der Waals surface area contributed by atoms with Crippen molar-refractivity contribution in [1.29, 1.82) is 0 Å². The van der Waals surface area contributed by atoms with Gasteiger partial charge in [0.15, 0.2) is 17.3 Å². The highest BCUT2D eigenvalue weighted by Crippen LogP contribution is 2.31. The van der Waals surface area contributed by atoms with Crippen LogP contribution in [0.4, 0.5) is 0 Å². The maximum Gasteiger partial charge on any atom is 0.269 e. The van der Waals surface area contributed by atoms with E-state index < -0.39 is 11.5 Å². The lowest BCUT2D eigenvalue weighted by Gasteiger charge is -2.15. The smallest absolute Gasteiger partial charge is 0.269 e. The zero-order valence-corrected chi connectivity index (χ0v) is 20.7. The van der Waals surface area contributed by atoms with Crippen molar-refractivity contribution in [2.75, 3.05) is 14.2 Å². The molecule has 0 spiro atoms. The van der Waals surface area contributed by atoms with Gasteiger partial charge in [0.2, 0.25) is 0 Å². The third kappa shape index (κ3) is 3.76. The highest BCUT2D eigenvalue weighted by atomic mass is 16.5. The molecule has 0 bridgehead atoms. The molecule has 2 aromatic heterocycles. The number of pyridine rings is 1. The summed E-state index contributed by atoms with van der Waals surface area (Å²) in [5, 5.41) is 11.6. The van der Waals surface area contributed by atoms with Crippen LogP contribution in [0.2, 0.25) is 0 Å². The molecule has 37 heavy (non-hydrogen) atoms. The molecule has 0 aliphatic carbocycles. The van der Waals surface area contributed by atoms with Crippen LogP contribution in [0.15, 0.2) is 65.5 Å². The Hall–Kier alpha value is -4.46. The fourth-order valence-corrected chi connectivity index (χ4v) is 5.21. The van der Waals surface area contributed by atoms with E-state index in [9.17, 15) is 9.59 Å². The minimum Gasteiger partial charge on any atom is -0.493 e. The summed E-state index contributed by atoms with van der Waals surface area (Å²) in [7, 11) is 3.05. The Bertz CT molecular complexity index is 1730. The number of carbonyl (C=O) groups excluding carboxylic acids is 1. The number of methoxy groups -OCH3 is 2. The number of ether oxygens (including phenoxy) is 2. The molecule has 0 saturated carbocycles. The Morgan fingerprint density at radius 3 is 2.54 bits per heavy atom. The third-order valence-corrected chi connectivity index (χ3v) is 7.09. The number of hydrogen-bond acceptors (Lipinski definition) is 6. The average Bonchev–Trinajstić information content (AvgIpc) is 3.18. The summed E-state index contributed by atoms with van der Waals surface area (Å²) in [6.07, 6.45) is 3.96. The molecule has 6 rings (SSSR count). The summed E-state index contributed by atoms with van der Waals surface area (Å²) < 4.78 is 14.0. The molecule has 1 aliphatic rings. The summed E-state index contributed by atoms with van der Waals surface area (Å²) in [6.45, 7) is 0.744. The van der Waals surface area contributed by atoms with Crippen molar-refractivity contribution < 1.29 is 14.3 Å². The van der Waals surface area contributed by atoms with E-state index in [1.54, 1.807) is 18.2 Å². The van der Waals surface area contributed by atoms with E-state index in [1.165, 1.54) is 18.8 Å². The van der Waals surface area contributed by atoms with Crippen LogP contribution in [0.3, 0.4) is 0 Å². The number of carbonyl (C=O) groups is 1.